The van der Waals surface area contributed by atoms with E-state index in [0.717, 1.165) is 52.8 Å². The molecule has 0 saturated heterocycles. The summed E-state index contributed by atoms with van der Waals surface area (Å²) >= 11 is 5.91. The number of fused-ring (bicyclic) bond motifs is 1. The smallest absolute Gasteiger partial charge is 0.147 e. The van der Waals surface area contributed by atoms with Gasteiger partial charge in [0, 0.05) is 11.6 Å². The molecular weight excluding hydrogens is 396 g/mol. The molecule has 0 radical (unpaired) electrons. The van der Waals surface area contributed by atoms with Crippen molar-refractivity contribution in [2.45, 2.75) is 32.9 Å². The molecule has 0 N–H and O–H groups in total. The molecule has 4 rings (SSSR count). The molecule has 30 heavy (non-hydrogen) atoms. The minimum Gasteiger partial charge on any atom is -0.494 e. The molecule has 0 aliphatic carbocycles. The van der Waals surface area contributed by atoms with Crippen LogP contribution in [0.1, 0.15) is 24.2 Å². The molecule has 0 bridgehead atoms. The van der Waals surface area contributed by atoms with Crippen LogP contribution in [0.2, 0.25) is 5.02 Å². The van der Waals surface area contributed by atoms with Crippen molar-refractivity contribution in [2.24, 2.45) is 0 Å². The van der Waals surface area contributed by atoms with Gasteiger partial charge in [0.2, 0.25) is 0 Å². The van der Waals surface area contributed by atoms with Crippen LogP contribution in [0.4, 0.5) is 0 Å². The number of hydrogen-bond acceptors (Lipinski definition) is 3. The summed E-state index contributed by atoms with van der Waals surface area (Å²) in [5.41, 5.74) is 3.32. The topological polar surface area (TPSA) is 36.3 Å². The number of halogens is 1. The zero-order valence-electron chi connectivity index (χ0n) is 17.1. The van der Waals surface area contributed by atoms with Crippen molar-refractivity contribution in [3.63, 3.8) is 0 Å². The molecule has 0 amide bonds. The molecular formula is C25H25ClN2O2. The molecule has 4 aromatic rings. The SMILES string of the molecule is Cc1cccc(OCc2nc3ccccc3n2CCCCOc2ccc(Cl)cc2)c1. The van der Waals surface area contributed by atoms with Crippen LogP contribution in [0, 0.1) is 6.92 Å². The van der Waals surface area contributed by atoms with Gasteiger partial charge < -0.3 is 14.0 Å². The standard InChI is InChI=1S/C25H25ClN2O2/c1-19-7-6-8-22(17-19)30-18-25-27-23-9-2-3-10-24(23)28(25)15-4-5-16-29-21-13-11-20(26)12-14-21/h2-3,6-14,17H,4-5,15-16,18H2,1H3. The Hall–Kier alpha value is -2.98. The average Bonchev–Trinajstić information content (AvgIpc) is 3.11. The van der Waals surface area contributed by atoms with Gasteiger partial charge in [-0.15, -0.1) is 0 Å². The molecule has 0 aliphatic heterocycles. The molecule has 154 valence electrons. The second-order valence-corrected chi connectivity index (χ2v) is 7.72. The molecule has 1 heterocycles. The molecule has 4 nitrogen and oxygen atoms in total. The highest BCUT2D eigenvalue weighted by Gasteiger charge is 2.11. The van der Waals surface area contributed by atoms with E-state index in [1.54, 1.807) is 0 Å². The minimum absolute atomic E-state index is 0.444. The number of benzene rings is 3. The van der Waals surface area contributed by atoms with E-state index in [-0.39, 0.29) is 0 Å². The van der Waals surface area contributed by atoms with Crippen LogP contribution in [0.15, 0.2) is 72.8 Å². The van der Waals surface area contributed by atoms with Gasteiger partial charge in [-0.25, -0.2) is 4.98 Å². The van der Waals surface area contributed by atoms with Crippen molar-refractivity contribution in [3.05, 3.63) is 89.2 Å². The maximum Gasteiger partial charge on any atom is 0.147 e. The molecule has 0 spiro atoms. The zero-order valence-corrected chi connectivity index (χ0v) is 17.8. The van der Waals surface area contributed by atoms with Gasteiger partial charge in [-0.2, -0.15) is 0 Å². The molecule has 0 atom stereocenters. The Kier molecular flexibility index (Phi) is 6.55. The van der Waals surface area contributed by atoms with Crippen molar-refractivity contribution in [1.82, 2.24) is 9.55 Å². The van der Waals surface area contributed by atoms with E-state index in [1.165, 1.54) is 5.56 Å². The van der Waals surface area contributed by atoms with Crippen molar-refractivity contribution in [1.29, 1.82) is 0 Å². The summed E-state index contributed by atoms with van der Waals surface area (Å²) in [7, 11) is 0. The number of hydrogen-bond donors (Lipinski definition) is 0. The summed E-state index contributed by atoms with van der Waals surface area (Å²) in [6.45, 7) is 4.05. The first kappa shape index (κ1) is 20.3. The lowest BCUT2D eigenvalue weighted by Crippen LogP contribution is -2.09. The van der Waals surface area contributed by atoms with Crippen LogP contribution in [0.5, 0.6) is 11.5 Å². The molecule has 5 heteroatoms. The van der Waals surface area contributed by atoms with Gasteiger partial charge in [0.05, 0.1) is 17.6 Å². The summed E-state index contributed by atoms with van der Waals surface area (Å²) in [6, 6.07) is 23.8. The van der Waals surface area contributed by atoms with E-state index in [1.807, 2.05) is 54.6 Å². The molecule has 0 fully saturated rings. The zero-order chi connectivity index (χ0) is 20.8. The summed E-state index contributed by atoms with van der Waals surface area (Å²) in [5.74, 6) is 2.65. The third-order valence-corrected chi connectivity index (χ3v) is 5.20. The predicted molar refractivity (Wildman–Crippen MR) is 121 cm³/mol. The Bertz CT molecular complexity index is 1110. The highest BCUT2D eigenvalue weighted by Crippen LogP contribution is 2.20. The van der Waals surface area contributed by atoms with Gasteiger partial charge in [0.25, 0.3) is 0 Å². The van der Waals surface area contributed by atoms with Crippen molar-refractivity contribution in [3.8, 4) is 11.5 Å². The van der Waals surface area contributed by atoms with Gasteiger partial charge >= 0.3 is 0 Å². The highest BCUT2D eigenvalue weighted by molar-refractivity contribution is 6.30. The number of nitrogens with zero attached hydrogens (tertiary/aromatic N) is 2. The first-order valence-electron chi connectivity index (χ1n) is 10.2. The normalized spacial score (nSPS) is 11.0. The first-order chi connectivity index (χ1) is 14.7. The number of unbranched alkanes of at least 4 members (excludes halogenated alkanes) is 1. The Morgan fingerprint density at radius 3 is 2.53 bits per heavy atom. The average molecular weight is 421 g/mol. The molecule has 1 aromatic heterocycles. The first-order valence-corrected chi connectivity index (χ1v) is 10.6. The fraction of sp³-hybridized carbons (Fsp3) is 0.240. The predicted octanol–water partition coefficient (Wildman–Crippen LogP) is 6.44. The Morgan fingerprint density at radius 1 is 0.867 bits per heavy atom. The number of aromatic nitrogens is 2. The number of ether oxygens (including phenoxy) is 2. The van der Waals surface area contributed by atoms with Crippen LogP contribution in [0.3, 0.4) is 0 Å². The minimum atomic E-state index is 0.444. The van der Waals surface area contributed by atoms with Crippen molar-refractivity contribution >= 4 is 22.6 Å². The van der Waals surface area contributed by atoms with Crippen LogP contribution >= 0.6 is 11.6 Å². The van der Waals surface area contributed by atoms with Crippen molar-refractivity contribution < 1.29 is 9.47 Å². The number of aryl methyl sites for hydroxylation is 2. The summed E-state index contributed by atoms with van der Waals surface area (Å²) in [5, 5.41) is 0.717. The lowest BCUT2D eigenvalue weighted by Gasteiger charge is -2.11. The van der Waals surface area contributed by atoms with Crippen LogP contribution in [-0.4, -0.2) is 16.2 Å². The van der Waals surface area contributed by atoms with E-state index in [0.29, 0.717) is 13.2 Å². The van der Waals surface area contributed by atoms with Gasteiger partial charge in [-0.05, 0) is 73.9 Å². The Balaban J connectivity index is 1.38. The molecule has 0 aliphatic rings. The van der Waals surface area contributed by atoms with E-state index in [9.17, 15) is 0 Å². The highest BCUT2D eigenvalue weighted by atomic mass is 35.5. The number of imidazole rings is 1. The van der Waals surface area contributed by atoms with Gasteiger partial charge in [0.15, 0.2) is 0 Å². The fourth-order valence-electron chi connectivity index (χ4n) is 3.43. The second kappa shape index (κ2) is 9.68. The quantitative estimate of drug-likeness (QED) is 0.292. The van der Waals surface area contributed by atoms with Gasteiger partial charge in [-0.1, -0.05) is 35.9 Å². The summed E-state index contributed by atoms with van der Waals surface area (Å²) in [4.78, 5) is 4.80. The van der Waals surface area contributed by atoms with Gasteiger partial charge in [0.1, 0.15) is 23.9 Å². The maximum atomic E-state index is 6.02. The van der Waals surface area contributed by atoms with E-state index in [4.69, 9.17) is 26.1 Å². The fourth-order valence-corrected chi connectivity index (χ4v) is 3.56. The number of rotatable bonds is 9. The van der Waals surface area contributed by atoms with Crippen LogP contribution in [-0.2, 0) is 13.2 Å². The molecule has 3 aromatic carbocycles. The van der Waals surface area contributed by atoms with E-state index in [2.05, 4.69) is 29.7 Å². The second-order valence-electron chi connectivity index (χ2n) is 7.28. The van der Waals surface area contributed by atoms with Crippen molar-refractivity contribution in [2.75, 3.05) is 6.61 Å². The lowest BCUT2D eigenvalue weighted by atomic mass is 10.2. The third-order valence-electron chi connectivity index (χ3n) is 4.95. The van der Waals surface area contributed by atoms with E-state index < -0.39 is 0 Å². The Labute approximate surface area is 182 Å². The monoisotopic (exact) mass is 420 g/mol. The molecule has 0 saturated carbocycles. The largest absolute Gasteiger partial charge is 0.494 e. The van der Waals surface area contributed by atoms with Crippen LogP contribution in [0.25, 0.3) is 11.0 Å². The Morgan fingerprint density at radius 2 is 1.70 bits per heavy atom. The summed E-state index contributed by atoms with van der Waals surface area (Å²) < 4.78 is 14.1. The molecule has 0 unspecified atom stereocenters. The van der Waals surface area contributed by atoms with Crippen LogP contribution < -0.4 is 9.47 Å². The third kappa shape index (κ3) is 5.14. The lowest BCUT2D eigenvalue weighted by molar-refractivity contribution is 0.285. The summed E-state index contributed by atoms with van der Waals surface area (Å²) in [6.07, 6.45) is 1.94. The number of para-hydroxylation sites is 2. The maximum absolute atomic E-state index is 6.02. The van der Waals surface area contributed by atoms with E-state index >= 15 is 0 Å². The van der Waals surface area contributed by atoms with Gasteiger partial charge in [-0.3, -0.25) is 0 Å².